The SMILES string of the molecule is CCC(C)C(N)C(=O)Nc1ccc(NC(=O)C(C)C)cc1. The first-order valence-electron chi connectivity index (χ1n) is 7.32. The molecule has 1 aromatic rings. The first-order valence-corrected chi connectivity index (χ1v) is 7.32. The predicted octanol–water partition coefficient (Wildman–Crippen LogP) is 2.59. The topological polar surface area (TPSA) is 84.2 Å². The van der Waals surface area contributed by atoms with Crippen molar-refractivity contribution in [2.24, 2.45) is 17.6 Å². The Labute approximate surface area is 126 Å². The molecule has 0 spiro atoms. The molecule has 0 heterocycles. The van der Waals surface area contributed by atoms with Crippen LogP contribution in [-0.2, 0) is 9.59 Å². The Balaban J connectivity index is 2.62. The maximum Gasteiger partial charge on any atom is 0.241 e. The molecular weight excluding hydrogens is 266 g/mol. The summed E-state index contributed by atoms with van der Waals surface area (Å²) in [5.74, 6) is -0.165. The number of hydrogen-bond donors (Lipinski definition) is 3. The normalized spacial score (nSPS) is 13.6. The van der Waals surface area contributed by atoms with Gasteiger partial charge in [-0.2, -0.15) is 0 Å². The minimum Gasteiger partial charge on any atom is -0.326 e. The molecular formula is C16H25N3O2. The van der Waals surface area contributed by atoms with Crippen molar-refractivity contribution in [2.45, 2.75) is 40.2 Å². The van der Waals surface area contributed by atoms with E-state index < -0.39 is 6.04 Å². The second-order valence-electron chi connectivity index (χ2n) is 5.62. The van der Waals surface area contributed by atoms with E-state index in [0.717, 1.165) is 6.42 Å². The number of anilines is 2. The molecule has 0 bridgehead atoms. The van der Waals surface area contributed by atoms with Crippen molar-refractivity contribution in [2.75, 3.05) is 10.6 Å². The minimum absolute atomic E-state index is 0.0365. The van der Waals surface area contributed by atoms with Crippen LogP contribution in [0.3, 0.4) is 0 Å². The Morgan fingerprint density at radius 2 is 1.43 bits per heavy atom. The lowest BCUT2D eigenvalue weighted by Gasteiger charge is -2.17. The summed E-state index contributed by atoms with van der Waals surface area (Å²) in [4.78, 5) is 23.5. The van der Waals surface area contributed by atoms with Crippen LogP contribution < -0.4 is 16.4 Å². The summed E-state index contributed by atoms with van der Waals surface area (Å²) in [6.07, 6.45) is 0.856. The maximum atomic E-state index is 12.0. The van der Waals surface area contributed by atoms with Gasteiger partial charge in [-0.05, 0) is 30.2 Å². The maximum absolute atomic E-state index is 12.0. The molecule has 0 aliphatic rings. The molecule has 4 N–H and O–H groups in total. The van der Waals surface area contributed by atoms with E-state index in [4.69, 9.17) is 5.73 Å². The summed E-state index contributed by atoms with van der Waals surface area (Å²) in [6.45, 7) is 7.62. The van der Waals surface area contributed by atoms with Gasteiger partial charge in [0.05, 0.1) is 6.04 Å². The van der Waals surface area contributed by atoms with Crippen molar-refractivity contribution in [3.8, 4) is 0 Å². The van der Waals surface area contributed by atoms with Crippen LogP contribution in [0, 0.1) is 11.8 Å². The average Bonchev–Trinajstić information content (AvgIpc) is 2.47. The van der Waals surface area contributed by atoms with E-state index in [2.05, 4.69) is 10.6 Å². The minimum atomic E-state index is -0.518. The largest absolute Gasteiger partial charge is 0.326 e. The van der Waals surface area contributed by atoms with Crippen LogP contribution in [0.15, 0.2) is 24.3 Å². The lowest BCUT2D eigenvalue weighted by molar-refractivity contribution is -0.119. The molecule has 0 aromatic heterocycles. The number of hydrogen-bond acceptors (Lipinski definition) is 3. The van der Waals surface area contributed by atoms with E-state index in [9.17, 15) is 9.59 Å². The molecule has 0 radical (unpaired) electrons. The number of nitrogens with two attached hydrogens (primary N) is 1. The van der Waals surface area contributed by atoms with Gasteiger partial charge in [0.15, 0.2) is 0 Å². The van der Waals surface area contributed by atoms with Crippen LogP contribution in [0.25, 0.3) is 0 Å². The Morgan fingerprint density at radius 1 is 1.00 bits per heavy atom. The molecule has 5 heteroatoms. The van der Waals surface area contributed by atoms with Crippen molar-refractivity contribution in [1.82, 2.24) is 0 Å². The summed E-state index contributed by atoms with van der Waals surface area (Å²) in [6, 6.07) is 6.49. The van der Waals surface area contributed by atoms with Crippen molar-refractivity contribution in [3.63, 3.8) is 0 Å². The standard InChI is InChI=1S/C16H25N3O2/c1-5-11(4)14(17)16(21)19-13-8-6-12(7-9-13)18-15(20)10(2)3/h6-11,14H,5,17H2,1-4H3,(H,18,20)(H,19,21). The fraction of sp³-hybridized carbons (Fsp3) is 0.500. The first-order chi connectivity index (χ1) is 9.85. The summed E-state index contributed by atoms with van der Waals surface area (Å²) in [5.41, 5.74) is 7.25. The second kappa shape index (κ2) is 7.78. The third-order valence-corrected chi connectivity index (χ3v) is 3.50. The van der Waals surface area contributed by atoms with Gasteiger partial charge in [0.25, 0.3) is 0 Å². The van der Waals surface area contributed by atoms with Gasteiger partial charge in [-0.1, -0.05) is 34.1 Å². The number of benzene rings is 1. The highest BCUT2D eigenvalue weighted by atomic mass is 16.2. The lowest BCUT2D eigenvalue weighted by atomic mass is 9.99. The van der Waals surface area contributed by atoms with E-state index in [1.54, 1.807) is 24.3 Å². The lowest BCUT2D eigenvalue weighted by Crippen LogP contribution is -2.40. The van der Waals surface area contributed by atoms with Gasteiger partial charge >= 0.3 is 0 Å². The molecule has 0 aliphatic carbocycles. The van der Waals surface area contributed by atoms with Crippen molar-refractivity contribution < 1.29 is 9.59 Å². The first kappa shape index (κ1) is 17.2. The fourth-order valence-electron chi connectivity index (χ4n) is 1.66. The molecule has 116 valence electrons. The molecule has 0 fully saturated rings. The van der Waals surface area contributed by atoms with E-state index in [1.807, 2.05) is 27.7 Å². The number of rotatable bonds is 6. The molecule has 2 atom stereocenters. The zero-order valence-electron chi connectivity index (χ0n) is 13.1. The van der Waals surface area contributed by atoms with E-state index in [-0.39, 0.29) is 23.7 Å². The predicted molar refractivity (Wildman–Crippen MR) is 86.0 cm³/mol. The molecule has 1 aromatic carbocycles. The highest BCUT2D eigenvalue weighted by molar-refractivity contribution is 5.95. The number of nitrogens with one attached hydrogen (secondary N) is 2. The van der Waals surface area contributed by atoms with Crippen LogP contribution in [0.1, 0.15) is 34.1 Å². The number of carbonyl (C=O) groups excluding carboxylic acids is 2. The summed E-state index contributed by atoms with van der Waals surface area (Å²) in [7, 11) is 0. The fourth-order valence-corrected chi connectivity index (χ4v) is 1.66. The molecule has 5 nitrogen and oxygen atoms in total. The smallest absolute Gasteiger partial charge is 0.241 e. The number of carbonyl (C=O) groups is 2. The summed E-state index contributed by atoms with van der Waals surface area (Å²) < 4.78 is 0. The van der Waals surface area contributed by atoms with Gasteiger partial charge in [0.1, 0.15) is 0 Å². The number of amides is 2. The Morgan fingerprint density at radius 3 is 1.81 bits per heavy atom. The third-order valence-electron chi connectivity index (χ3n) is 3.50. The molecule has 0 aliphatic heterocycles. The van der Waals surface area contributed by atoms with Crippen molar-refractivity contribution in [3.05, 3.63) is 24.3 Å². The van der Waals surface area contributed by atoms with Gasteiger partial charge in [0.2, 0.25) is 11.8 Å². The Bertz CT molecular complexity index is 483. The Kier molecular flexibility index (Phi) is 6.37. The molecule has 2 amide bonds. The average molecular weight is 291 g/mol. The molecule has 1 rings (SSSR count). The summed E-state index contributed by atoms with van der Waals surface area (Å²) in [5, 5.41) is 5.58. The van der Waals surface area contributed by atoms with E-state index >= 15 is 0 Å². The quantitative estimate of drug-likeness (QED) is 0.753. The molecule has 0 saturated heterocycles. The second-order valence-corrected chi connectivity index (χ2v) is 5.62. The monoisotopic (exact) mass is 291 g/mol. The van der Waals surface area contributed by atoms with Gasteiger partial charge in [-0.3, -0.25) is 9.59 Å². The highest BCUT2D eigenvalue weighted by Gasteiger charge is 2.19. The highest BCUT2D eigenvalue weighted by Crippen LogP contribution is 2.15. The van der Waals surface area contributed by atoms with E-state index in [1.165, 1.54) is 0 Å². The zero-order chi connectivity index (χ0) is 16.0. The van der Waals surface area contributed by atoms with Crippen LogP contribution in [-0.4, -0.2) is 17.9 Å². The molecule has 21 heavy (non-hydrogen) atoms. The van der Waals surface area contributed by atoms with Crippen LogP contribution in [0.4, 0.5) is 11.4 Å². The van der Waals surface area contributed by atoms with Crippen molar-refractivity contribution >= 4 is 23.2 Å². The zero-order valence-corrected chi connectivity index (χ0v) is 13.1. The van der Waals surface area contributed by atoms with Crippen LogP contribution >= 0.6 is 0 Å². The van der Waals surface area contributed by atoms with Gasteiger partial charge in [-0.15, -0.1) is 0 Å². The molecule has 2 unspecified atom stereocenters. The van der Waals surface area contributed by atoms with Crippen LogP contribution in [0.5, 0.6) is 0 Å². The van der Waals surface area contributed by atoms with E-state index in [0.29, 0.717) is 11.4 Å². The van der Waals surface area contributed by atoms with Gasteiger partial charge in [0, 0.05) is 17.3 Å². The van der Waals surface area contributed by atoms with Gasteiger partial charge in [-0.25, -0.2) is 0 Å². The van der Waals surface area contributed by atoms with Crippen molar-refractivity contribution in [1.29, 1.82) is 0 Å². The third kappa shape index (κ3) is 5.19. The van der Waals surface area contributed by atoms with Gasteiger partial charge < -0.3 is 16.4 Å². The Hall–Kier alpha value is -1.88. The summed E-state index contributed by atoms with van der Waals surface area (Å²) >= 11 is 0. The van der Waals surface area contributed by atoms with Crippen LogP contribution in [0.2, 0.25) is 0 Å². The molecule has 0 saturated carbocycles.